The van der Waals surface area contributed by atoms with E-state index in [1.807, 2.05) is 18.2 Å². The summed E-state index contributed by atoms with van der Waals surface area (Å²) < 4.78 is 12.4. The maximum Gasteiger partial charge on any atom is 0.419 e. The Balaban J connectivity index is 2.05. The van der Waals surface area contributed by atoms with Crippen molar-refractivity contribution in [3.05, 3.63) is 35.5 Å². The number of hydrogen-bond acceptors (Lipinski definition) is 5. The summed E-state index contributed by atoms with van der Waals surface area (Å²) in [6, 6.07) is 7.31. The molecule has 8 heteroatoms. The smallest absolute Gasteiger partial charge is 0.419 e. The van der Waals surface area contributed by atoms with Crippen molar-refractivity contribution in [2.24, 2.45) is 0 Å². The standard InChI is InChI=1S/C23H30N2O6/c1-21(2,3)30-19(28)24-23(18(26)27)12-11-17-15(13-23)14-9-7-8-10-16(14)25(17)20(29)31-22(4,5)6/h7-10H,11-13H2,1-6H3,(H,24,28)(H,26,27)/t23-/m0/s1. The molecule has 2 N–H and O–H groups in total. The highest BCUT2D eigenvalue weighted by Gasteiger charge is 2.46. The van der Waals surface area contributed by atoms with Gasteiger partial charge in [0, 0.05) is 17.5 Å². The Morgan fingerprint density at radius 3 is 2.23 bits per heavy atom. The number of carboxylic acids is 1. The van der Waals surface area contributed by atoms with Crippen LogP contribution in [0.15, 0.2) is 24.3 Å². The van der Waals surface area contributed by atoms with E-state index in [1.165, 1.54) is 4.57 Å². The molecule has 0 saturated carbocycles. The Kier molecular flexibility index (Phi) is 5.54. The second-order valence-corrected chi connectivity index (χ2v) is 9.95. The van der Waals surface area contributed by atoms with Crippen LogP contribution in [0.5, 0.6) is 0 Å². The number of alkyl carbamates (subject to hydrolysis) is 1. The van der Waals surface area contributed by atoms with Gasteiger partial charge in [0.1, 0.15) is 16.7 Å². The molecule has 1 heterocycles. The fourth-order valence-electron chi connectivity index (χ4n) is 3.90. The number of nitrogens with one attached hydrogen (secondary N) is 1. The lowest BCUT2D eigenvalue weighted by Crippen LogP contribution is -2.58. The predicted molar refractivity (Wildman–Crippen MR) is 115 cm³/mol. The summed E-state index contributed by atoms with van der Waals surface area (Å²) in [6.45, 7) is 10.5. The largest absolute Gasteiger partial charge is 0.479 e. The van der Waals surface area contributed by atoms with E-state index < -0.39 is 34.9 Å². The summed E-state index contributed by atoms with van der Waals surface area (Å²) in [5.41, 5.74) is -0.883. The van der Waals surface area contributed by atoms with Crippen molar-refractivity contribution in [2.45, 2.75) is 77.5 Å². The van der Waals surface area contributed by atoms with Gasteiger partial charge in [-0.05, 0) is 66.0 Å². The highest BCUT2D eigenvalue weighted by atomic mass is 16.6. The lowest BCUT2D eigenvalue weighted by atomic mass is 9.79. The molecule has 168 valence electrons. The van der Waals surface area contributed by atoms with Crippen molar-refractivity contribution in [1.82, 2.24) is 9.88 Å². The van der Waals surface area contributed by atoms with E-state index in [9.17, 15) is 19.5 Å². The molecule has 0 fully saturated rings. The summed E-state index contributed by atoms with van der Waals surface area (Å²) in [7, 11) is 0. The van der Waals surface area contributed by atoms with Gasteiger partial charge in [-0.2, -0.15) is 0 Å². The number of aromatic nitrogens is 1. The van der Waals surface area contributed by atoms with E-state index in [-0.39, 0.29) is 19.3 Å². The van der Waals surface area contributed by atoms with Crippen LogP contribution in [0.2, 0.25) is 0 Å². The van der Waals surface area contributed by atoms with Gasteiger partial charge >= 0.3 is 18.2 Å². The van der Waals surface area contributed by atoms with Crippen molar-refractivity contribution in [3.8, 4) is 0 Å². The molecule has 8 nitrogen and oxygen atoms in total. The van der Waals surface area contributed by atoms with Crippen LogP contribution in [0.1, 0.15) is 59.2 Å². The number of ether oxygens (including phenoxy) is 2. The van der Waals surface area contributed by atoms with Crippen LogP contribution >= 0.6 is 0 Å². The van der Waals surface area contributed by atoms with Crippen molar-refractivity contribution in [2.75, 3.05) is 0 Å². The number of rotatable bonds is 2. The first-order valence-electron chi connectivity index (χ1n) is 10.3. The number of carboxylic acid groups (broad SMARTS) is 1. The maximum atomic E-state index is 13.0. The number of carbonyl (C=O) groups excluding carboxylic acids is 2. The normalized spacial score (nSPS) is 18.9. The zero-order valence-corrected chi connectivity index (χ0v) is 18.9. The third-order valence-corrected chi connectivity index (χ3v) is 5.08. The van der Waals surface area contributed by atoms with Crippen molar-refractivity contribution < 1.29 is 29.0 Å². The van der Waals surface area contributed by atoms with Crippen molar-refractivity contribution >= 4 is 29.1 Å². The first-order valence-corrected chi connectivity index (χ1v) is 10.3. The number of nitrogens with zero attached hydrogens (tertiary/aromatic N) is 1. The van der Waals surface area contributed by atoms with Gasteiger partial charge in [0.15, 0.2) is 0 Å². The van der Waals surface area contributed by atoms with Gasteiger partial charge in [-0.3, -0.25) is 0 Å². The third kappa shape index (κ3) is 4.68. The molecule has 2 aromatic rings. The highest BCUT2D eigenvalue weighted by Crippen LogP contribution is 2.37. The second kappa shape index (κ2) is 7.59. The van der Waals surface area contributed by atoms with E-state index in [4.69, 9.17) is 9.47 Å². The summed E-state index contributed by atoms with van der Waals surface area (Å²) in [5, 5.41) is 13.4. The van der Waals surface area contributed by atoms with E-state index in [2.05, 4.69) is 5.32 Å². The molecular formula is C23H30N2O6. The molecule has 0 bridgehead atoms. The van der Waals surface area contributed by atoms with Gasteiger partial charge in [0.05, 0.1) is 5.52 Å². The van der Waals surface area contributed by atoms with Crippen LogP contribution in [0.4, 0.5) is 9.59 Å². The molecule has 1 aliphatic rings. The lowest BCUT2D eigenvalue weighted by Gasteiger charge is -2.35. The number of amides is 1. The minimum atomic E-state index is -1.53. The van der Waals surface area contributed by atoms with Crippen LogP contribution < -0.4 is 5.32 Å². The first kappa shape index (κ1) is 22.7. The SMILES string of the molecule is CC(C)(C)OC(=O)N[C@@]1(C(=O)O)CCc2c(c3ccccc3n2C(=O)OC(C)(C)C)C1. The van der Waals surface area contributed by atoms with E-state index >= 15 is 0 Å². The lowest BCUT2D eigenvalue weighted by molar-refractivity contribution is -0.145. The van der Waals surface area contributed by atoms with Gasteiger partial charge in [0.25, 0.3) is 0 Å². The highest BCUT2D eigenvalue weighted by molar-refractivity contribution is 5.95. The topological polar surface area (TPSA) is 107 Å². The molecule has 1 aromatic heterocycles. The van der Waals surface area contributed by atoms with Gasteiger partial charge in [-0.1, -0.05) is 18.2 Å². The van der Waals surface area contributed by atoms with Crippen LogP contribution in [-0.4, -0.2) is 44.6 Å². The molecule has 0 aliphatic heterocycles. The number of carbonyl (C=O) groups is 3. The molecule has 0 radical (unpaired) electrons. The second-order valence-electron chi connectivity index (χ2n) is 9.95. The molecule has 0 unspecified atom stereocenters. The molecule has 0 saturated heterocycles. The number of para-hydroxylation sites is 1. The number of fused-ring (bicyclic) bond motifs is 3. The van der Waals surface area contributed by atoms with Crippen molar-refractivity contribution in [1.29, 1.82) is 0 Å². The fourth-order valence-corrected chi connectivity index (χ4v) is 3.90. The molecule has 0 spiro atoms. The summed E-state index contributed by atoms with van der Waals surface area (Å²) in [5.74, 6) is -1.14. The Morgan fingerprint density at radius 1 is 1.03 bits per heavy atom. The Labute approximate surface area is 181 Å². The van der Waals surface area contributed by atoms with Gasteiger partial charge in [-0.15, -0.1) is 0 Å². The summed E-state index contributed by atoms with van der Waals surface area (Å²) in [4.78, 5) is 37.7. The van der Waals surface area contributed by atoms with Crippen LogP contribution in [0, 0.1) is 0 Å². The summed E-state index contributed by atoms with van der Waals surface area (Å²) >= 11 is 0. The van der Waals surface area contributed by atoms with E-state index in [1.54, 1.807) is 47.6 Å². The van der Waals surface area contributed by atoms with Crippen LogP contribution in [-0.2, 0) is 27.1 Å². The monoisotopic (exact) mass is 430 g/mol. The van der Waals surface area contributed by atoms with Crippen LogP contribution in [0.25, 0.3) is 10.9 Å². The molecule has 1 amide bonds. The Hall–Kier alpha value is -3.03. The molecule has 1 atom stereocenters. The van der Waals surface area contributed by atoms with E-state index in [0.29, 0.717) is 16.8 Å². The number of aliphatic carboxylic acids is 1. The molecule has 31 heavy (non-hydrogen) atoms. The van der Waals surface area contributed by atoms with Crippen LogP contribution in [0.3, 0.4) is 0 Å². The predicted octanol–water partition coefficient (Wildman–Crippen LogP) is 4.26. The van der Waals surface area contributed by atoms with Gasteiger partial charge < -0.3 is 19.9 Å². The number of hydrogen-bond donors (Lipinski definition) is 2. The van der Waals surface area contributed by atoms with E-state index in [0.717, 1.165) is 5.39 Å². The fraction of sp³-hybridized carbons (Fsp3) is 0.522. The van der Waals surface area contributed by atoms with Crippen molar-refractivity contribution in [3.63, 3.8) is 0 Å². The zero-order valence-electron chi connectivity index (χ0n) is 18.9. The Bertz CT molecular complexity index is 1040. The Morgan fingerprint density at radius 2 is 1.65 bits per heavy atom. The maximum absolute atomic E-state index is 13.0. The molecular weight excluding hydrogens is 400 g/mol. The first-order chi connectivity index (χ1) is 14.2. The average molecular weight is 431 g/mol. The zero-order chi connectivity index (χ0) is 23.2. The van der Waals surface area contributed by atoms with Gasteiger partial charge in [-0.25, -0.2) is 19.0 Å². The minimum Gasteiger partial charge on any atom is -0.479 e. The minimum absolute atomic E-state index is 0.0349. The number of benzene rings is 1. The average Bonchev–Trinajstić information content (AvgIpc) is 2.92. The molecule has 3 rings (SSSR count). The molecule has 1 aromatic carbocycles. The summed E-state index contributed by atoms with van der Waals surface area (Å²) in [6.07, 6.45) is -0.853. The quantitative estimate of drug-likeness (QED) is 0.737. The van der Waals surface area contributed by atoms with Gasteiger partial charge in [0.2, 0.25) is 0 Å². The third-order valence-electron chi connectivity index (χ3n) is 5.08. The molecule has 1 aliphatic carbocycles.